The summed E-state index contributed by atoms with van der Waals surface area (Å²) in [6.45, 7) is 10.6. The van der Waals surface area contributed by atoms with Crippen LogP contribution in [0.15, 0.2) is 36.9 Å². The Bertz CT molecular complexity index is 930. The first-order valence-corrected chi connectivity index (χ1v) is 8.37. The highest BCUT2D eigenvalue weighted by atomic mass is 14.3. The molecule has 0 saturated carbocycles. The van der Waals surface area contributed by atoms with Gasteiger partial charge in [-0.1, -0.05) is 56.5 Å². The number of fused-ring (bicyclic) bond motifs is 2. The lowest BCUT2D eigenvalue weighted by Gasteiger charge is -2.27. The average Bonchev–Trinajstić information content (AvgIpc) is 2.57. The molecule has 0 spiro atoms. The van der Waals surface area contributed by atoms with Gasteiger partial charge in [-0.25, -0.2) is 0 Å². The summed E-state index contributed by atoms with van der Waals surface area (Å²) >= 11 is 0. The Labute approximate surface area is 132 Å². The van der Waals surface area contributed by atoms with Crippen molar-refractivity contribution in [2.45, 2.75) is 38.5 Å². The van der Waals surface area contributed by atoms with Gasteiger partial charge < -0.3 is 0 Å². The third kappa shape index (κ3) is 1.76. The Morgan fingerprint density at radius 3 is 2.82 bits per heavy atom. The Morgan fingerprint density at radius 2 is 2.05 bits per heavy atom. The van der Waals surface area contributed by atoms with Crippen LogP contribution in [-0.2, 0) is 6.42 Å². The Hall–Kier alpha value is -2.08. The molecule has 1 aliphatic carbocycles. The largest absolute Gasteiger partial charge is 0.0984 e. The molecule has 1 atom stereocenters. The molecule has 0 nitrogen and oxygen atoms in total. The molecule has 22 heavy (non-hydrogen) atoms. The summed E-state index contributed by atoms with van der Waals surface area (Å²) in [4.78, 5) is 0. The summed E-state index contributed by atoms with van der Waals surface area (Å²) in [7, 11) is 0. The van der Waals surface area contributed by atoms with Gasteiger partial charge in [0.2, 0.25) is 0 Å². The van der Waals surface area contributed by atoms with Gasteiger partial charge >= 0.3 is 0 Å². The lowest BCUT2D eigenvalue weighted by Crippen LogP contribution is -2.11. The molecule has 0 aromatic heterocycles. The molecule has 3 aromatic rings. The van der Waals surface area contributed by atoms with Crippen LogP contribution >= 0.6 is 0 Å². The molecule has 1 aliphatic rings. The zero-order valence-electron chi connectivity index (χ0n) is 13.3. The van der Waals surface area contributed by atoms with Crippen LogP contribution < -0.4 is 5.22 Å². The van der Waals surface area contributed by atoms with Gasteiger partial charge in [0, 0.05) is 0 Å². The molecule has 0 fully saturated rings. The van der Waals surface area contributed by atoms with Crippen molar-refractivity contribution >= 4 is 34.2 Å². The van der Waals surface area contributed by atoms with E-state index in [4.69, 9.17) is 0 Å². The predicted octanol–water partition coefficient (Wildman–Crippen LogP) is 5.60. The van der Waals surface area contributed by atoms with Gasteiger partial charge in [0.15, 0.2) is 0 Å². The third-order valence-corrected chi connectivity index (χ3v) is 5.43. The molecule has 0 aliphatic heterocycles. The van der Waals surface area contributed by atoms with E-state index in [1.54, 1.807) is 11.1 Å². The maximum atomic E-state index is 4.26. The normalized spacial score (nSPS) is 17.8. The number of rotatable bonds is 2. The van der Waals surface area contributed by atoms with Gasteiger partial charge in [0.1, 0.15) is 0 Å². The zero-order chi connectivity index (χ0) is 15.3. The first kappa shape index (κ1) is 13.6. The van der Waals surface area contributed by atoms with E-state index >= 15 is 0 Å². The maximum absolute atomic E-state index is 4.26. The number of hydrogen-bond acceptors (Lipinski definition) is 0. The monoisotopic (exact) mass is 286 g/mol. The van der Waals surface area contributed by atoms with Crippen molar-refractivity contribution in [1.29, 1.82) is 0 Å². The van der Waals surface area contributed by atoms with Gasteiger partial charge in [-0.05, 0) is 75.1 Å². The van der Waals surface area contributed by atoms with Crippen LogP contribution in [0.25, 0.3) is 34.2 Å². The molecule has 3 aromatic carbocycles. The van der Waals surface area contributed by atoms with Crippen LogP contribution in [0.4, 0.5) is 0 Å². The molecule has 0 amide bonds. The van der Waals surface area contributed by atoms with Gasteiger partial charge in [-0.15, -0.1) is 0 Å². The average molecular weight is 286 g/mol. The summed E-state index contributed by atoms with van der Waals surface area (Å²) in [6.07, 6.45) is 7.06. The highest BCUT2D eigenvalue weighted by molar-refractivity contribution is 6.14. The molecule has 0 N–H and O–H groups in total. The standard InChI is InChI=1S/C22H22/c1-4-15-7-6-8-18-19-12-11-16(5-2)21-14(3)9-10-17(22(19)21)13-20(15)18/h5,9-13,15H,2-4,6-8H2,1H3. The number of aryl methyl sites for hydroxylation is 1. The molecule has 0 heterocycles. The molecule has 110 valence electrons. The Kier molecular flexibility index (Phi) is 3.07. The van der Waals surface area contributed by atoms with E-state index in [-0.39, 0.29) is 0 Å². The van der Waals surface area contributed by atoms with Crippen LogP contribution in [0.5, 0.6) is 0 Å². The molecule has 1 unspecified atom stereocenters. The lowest BCUT2D eigenvalue weighted by molar-refractivity contribution is 0.543. The van der Waals surface area contributed by atoms with E-state index in [2.05, 4.69) is 50.4 Å². The zero-order valence-corrected chi connectivity index (χ0v) is 13.3. The summed E-state index contributed by atoms with van der Waals surface area (Å²) < 4.78 is 0. The summed E-state index contributed by atoms with van der Waals surface area (Å²) in [6, 6.07) is 11.4. The van der Waals surface area contributed by atoms with Crippen LogP contribution in [0.2, 0.25) is 0 Å². The van der Waals surface area contributed by atoms with Gasteiger partial charge in [0.05, 0.1) is 0 Å². The predicted molar refractivity (Wildman–Crippen MR) is 98.3 cm³/mol. The fourth-order valence-corrected chi connectivity index (χ4v) is 4.32. The molecular weight excluding hydrogens is 264 g/mol. The van der Waals surface area contributed by atoms with Crippen molar-refractivity contribution in [2.75, 3.05) is 0 Å². The van der Waals surface area contributed by atoms with Crippen molar-refractivity contribution in [3.63, 3.8) is 0 Å². The minimum atomic E-state index is 0.727. The van der Waals surface area contributed by atoms with E-state index in [1.165, 1.54) is 52.8 Å². The SMILES string of the molecule is C=Cc1ccc2c3c(cc4ccc(=C)c1c42)C(CC)CCC3. The maximum Gasteiger partial charge on any atom is -0.00241 e. The van der Waals surface area contributed by atoms with Crippen LogP contribution in [0, 0.1) is 0 Å². The first-order valence-electron chi connectivity index (χ1n) is 8.37. The molecular formula is C22H22. The smallest absolute Gasteiger partial charge is 0.00241 e. The Morgan fingerprint density at radius 1 is 1.18 bits per heavy atom. The topological polar surface area (TPSA) is 0 Å². The highest BCUT2D eigenvalue weighted by Crippen LogP contribution is 2.41. The molecule has 0 heteroatoms. The second-order valence-electron chi connectivity index (χ2n) is 6.55. The van der Waals surface area contributed by atoms with Crippen molar-refractivity contribution in [1.82, 2.24) is 0 Å². The van der Waals surface area contributed by atoms with Crippen molar-refractivity contribution in [3.05, 3.63) is 58.8 Å². The molecule has 0 bridgehead atoms. The van der Waals surface area contributed by atoms with Gasteiger partial charge in [-0.3, -0.25) is 0 Å². The van der Waals surface area contributed by atoms with Crippen molar-refractivity contribution in [2.24, 2.45) is 0 Å². The lowest BCUT2D eigenvalue weighted by atomic mass is 9.77. The summed E-state index contributed by atoms with van der Waals surface area (Å²) in [5.41, 5.74) is 4.37. The van der Waals surface area contributed by atoms with Gasteiger partial charge in [-0.2, -0.15) is 0 Å². The molecule has 0 saturated heterocycles. The first-order chi connectivity index (χ1) is 10.7. The molecule has 4 rings (SSSR count). The third-order valence-electron chi connectivity index (χ3n) is 5.43. The Balaban J connectivity index is 2.21. The minimum absolute atomic E-state index is 0.727. The fourth-order valence-electron chi connectivity index (χ4n) is 4.32. The number of benzene rings is 3. The van der Waals surface area contributed by atoms with Crippen LogP contribution in [-0.4, -0.2) is 0 Å². The van der Waals surface area contributed by atoms with Crippen molar-refractivity contribution < 1.29 is 0 Å². The fraction of sp³-hybridized carbons (Fsp3) is 0.273. The summed E-state index contributed by atoms with van der Waals surface area (Å²) in [5, 5.41) is 6.58. The van der Waals surface area contributed by atoms with E-state index in [0.29, 0.717) is 0 Å². The van der Waals surface area contributed by atoms with Crippen LogP contribution in [0.1, 0.15) is 48.8 Å². The highest BCUT2D eigenvalue weighted by Gasteiger charge is 2.22. The summed E-state index contributed by atoms with van der Waals surface area (Å²) in [5.74, 6) is 0.727. The van der Waals surface area contributed by atoms with E-state index < -0.39 is 0 Å². The molecule has 0 radical (unpaired) electrons. The van der Waals surface area contributed by atoms with E-state index in [1.807, 2.05) is 6.08 Å². The second kappa shape index (κ2) is 4.98. The van der Waals surface area contributed by atoms with E-state index in [0.717, 1.165) is 11.1 Å². The van der Waals surface area contributed by atoms with Crippen LogP contribution in [0.3, 0.4) is 0 Å². The number of hydrogen-bond donors (Lipinski definition) is 0. The quantitative estimate of drug-likeness (QED) is 0.575. The van der Waals surface area contributed by atoms with E-state index in [9.17, 15) is 0 Å². The van der Waals surface area contributed by atoms with Crippen molar-refractivity contribution in [3.8, 4) is 0 Å². The second-order valence-corrected chi connectivity index (χ2v) is 6.55. The minimum Gasteiger partial charge on any atom is -0.0984 e. The van der Waals surface area contributed by atoms with Gasteiger partial charge in [0.25, 0.3) is 0 Å².